The molecule has 0 atom stereocenters. The molecule has 0 saturated carbocycles. The summed E-state index contributed by atoms with van der Waals surface area (Å²) in [6.45, 7) is 0.395. The zero-order chi connectivity index (χ0) is 15.5. The second-order valence-corrected chi connectivity index (χ2v) is 6.08. The standard InChI is InChI=1S/C14H10BrClN4OS/c15-9-2-1-3-11(6-9)18-8-20-14(22)21-13(19-20)12-5-4-10(16)7-17-12/h1-7,18H,8H2. The number of hydrogen-bond acceptors (Lipinski definition) is 5. The van der Waals surface area contributed by atoms with Crippen molar-refractivity contribution in [2.24, 2.45) is 0 Å². The van der Waals surface area contributed by atoms with Crippen molar-refractivity contribution in [1.82, 2.24) is 14.8 Å². The van der Waals surface area contributed by atoms with Gasteiger partial charge < -0.3 is 9.73 Å². The van der Waals surface area contributed by atoms with E-state index in [9.17, 15) is 0 Å². The topological polar surface area (TPSA) is 55.9 Å². The summed E-state index contributed by atoms with van der Waals surface area (Å²) in [5, 5.41) is 8.09. The lowest BCUT2D eigenvalue weighted by atomic mass is 10.3. The third-order valence-electron chi connectivity index (χ3n) is 2.81. The van der Waals surface area contributed by atoms with Crippen molar-refractivity contribution in [2.45, 2.75) is 6.67 Å². The van der Waals surface area contributed by atoms with Crippen molar-refractivity contribution in [3.63, 3.8) is 0 Å². The first-order chi connectivity index (χ1) is 10.6. The summed E-state index contributed by atoms with van der Waals surface area (Å²) in [5.41, 5.74) is 1.53. The van der Waals surface area contributed by atoms with E-state index >= 15 is 0 Å². The summed E-state index contributed by atoms with van der Waals surface area (Å²) in [6, 6.07) is 11.3. The number of nitrogens with one attached hydrogen (secondary N) is 1. The highest BCUT2D eigenvalue weighted by atomic mass is 79.9. The molecule has 1 N–H and O–H groups in total. The molecule has 0 aliphatic heterocycles. The first kappa shape index (κ1) is 15.2. The maximum Gasteiger partial charge on any atom is 0.289 e. The Labute approximate surface area is 145 Å². The molecular formula is C14H10BrClN4OS. The minimum absolute atomic E-state index is 0.272. The lowest BCUT2D eigenvalue weighted by molar-refractivity contribution is 0.521. The maximum absolute atomic E-state index is 5.81. The minimum atomic E-state index is 0.272. The summed E-state index contributed by atoms with van der Waals surface area (Å²) < 4.78 is 8.01. The Bertz CT molecular complexity index is 847. The van der Waals surface area contributed by atoms with Gasteiger partial charge in [0.05, 0.1) is 5.02 Å². The Morgan fingerprint density at radius 3 is 2.91 bits per heavy atom. The molecule has 2 aromatic heterocycles. The van der Waals surface area contributed by atoms with E-state index < -0.39 is 0 Å². The van der Waals surface area contributed by atoms with Crippen molar-refractivity contribution in [3.05, 3.63) is 56.9 Å². The van der Waals surface area contributed by atoms with Crippen molar-refractivity contribution in [3.8, 4) is 11.6 Å². The molecule has 5 nitrogen and oxygen atoms in total. The van der Waals surface area contributed by atoms with E-state index in [1.807, 2.05) is 24.3 Å². The Kier molecular flexibility index (Phi) is 4.56. The number of halogens is 2. The van der Waals surface area contributed by atoms with E-state index in [4.69, 9.17) is 28.2 Å². The van der Waals surface area contributed by atoms with Crippen LogP contribution in [0.3, 0.4) is 0 Å². The van der Waals surface area contributed by atoms with Crippen LogP contribution in [-0.2, 0) is 6.67 Å². The number of hydrogen-bond donors (Lipinski definition) is 1. The molecule has 0 spiro atoms. The molecule has 0 bridgehead atoms. The van der Waals surface area contributed by atoms with Crippen LogP contribution in [-0.4, -0.2) is 14.8 Å². The molecule has 0 aliphatic rings. The molecular weight excluding hydrogens is 388 g/mol. The van der Waals surface area contributed by atoms with Gasteiger partial charge in [-0.05, 0) is 42.5 Å². The second kappa shape index (κ2) is 6.60. The van der Waals surface area contributed by atoms with Gasteiger partial charge in [-0.1, -0.05) is 33.6 Å². The van der Waals surface area contributed by atoms with Gasteiger partial charge in [0.25, 0.3) is 10.7 Å². The molecule has 0 amide bonds. The second-order valence-electron chi connectivity index (χ2n) is 4.38. The largest absolute Gasteiger partial charge is 0.408 e. The van der Waals surface area contributed by atoms with E-state index in [-0.39, 0.29) is 4.84 Å². The molecule has 2 heterocycles. The zero-order valence-corrected chi connectivity index (χ0v) is 14.3. The van der Waals surface area contributed by atoms with Gasteiger partial charge in [-0.15, -0.1) is 5.10 Å². The maximum atomic E-state index is 5.81. The number of rotatable bonds is 4. The first-order valence-corrected chi connectivity index (χ1v) is 7.89. The Morgan fingerprint density at radius 2 is 2.18 bits per heavy atom. The van der Waals surface area contributed by atoms with Gasteiger partial charge in [0, 0.05) is 16.4 Å². The highest BCUT2D eigenvalue weighted by Gasteiger charge is 2.09. The van der Waals surface area contributed by atoms with Gasteiger partial charge in [0.1, 0.15) is 12.4 Å². The first-order valence-electron chi connectivity index (χ1n) is 6.31. The molecule has 3 aromatic rings. The average molecular weight is 398 g/mol. The molecule has 0 radical (unpaired) electrons. The quantitative estimate of drug-likeness (QED) is 0.644. The van der Waals surface area contributed by atoms with Crippen LogP contribution in [0.5, 0.6) is 0 Å². The van der Waals surface area contributed by atoms with Crippen molar-refractivity contribution in [1.29, 1.82) is 0 Å². The fourth-order valence-electron chi connectivity index (χ4n) is 1.78. The third kappa shape index (κ3) is 3.55. The van der Waals surface area contributed by atoms with E-state index in [0.29, 0.717) is 23.3 Å². The minimum Gasteiger partial charge on any atom is -0.408 e. The van der Waals surface area contributed by atoms with Crippen LogP contribution >= 0.6 is 39.7 Å². The van der Waals surface area contributed by atoms with Crippen molar-refractivity contribution in [2.75, 3.05) is 5.32 Å². The Morgan fingerprint density at radius 1 is 1.32 bits per heavy atom. The lowest BCUT2D eigenvalue weighted by Gasteiger charge is -2.05. The normalized spacial score (nSPS) is 10.6. The van der Waals surface area contributed by atoms with E-state index in [1.54, 1.807) is 16.8 Å². The lowest BCUT2D eigenvalue weighted by Crippen LogP contribution is -2.09. The van der Waals surface area contributed by atoms with Crippen LogP contribution in [0.15, 0.2) is 51.5 Å². The molecule has 0 fully saturated rings. The molecule has 1 aromatic carbocycles. The number of benzene rings is 1. The highest BCUT2D eigenvalue weighted by molar-refractivity contribution is 9.10. The predicted octanol–water partition coefficient (Wildman–Crippen LogP) is 4.75. The summed E-state index contributed by atoms with van der Waals surface area (Å²) in [5.74, 6) is 0.359. The Balaban J connectivity index is 1.78. The number of aromatic nitrogens is 3. The number of nitrogens with zero attached hydrogens (tertiary/aromatic N) is 3. The summed E-state index contributed by atoms with van der Waals surface area (Å²) in [6.07, 6.45) is 1.54. The van der Waals surface area contributed by atoms with Gasteiger partial charge in [-0.2, -0.15) is 0 Å². The summed E-state index contributed by atoms with van der Waals surface area (Å²) in [7, 11) is 0. The van der Waals surface area contributed by atoms with Gasteiger partial charge in [-0.25, -0.2) is 9.67 Å². The van der Waals surface area contributed by atoms with Gasteiger partial charge in [-0.3, -0.25) is 0 Å². The number of anilines is 1. The van der Waals surface area contributed by atoms with Crippen LogP contribution in [0.4, 0.5) is 5.69 Å². The predicted molar refractivity (Wildman–Crippen MR) is 91.3 cm³/mol. The molecule has 8 heteroatoms. The van der Waals surface area contributed by atoms with Crippen LogP contribution in [0.1, 0.15) is 0 Å². The molecule has 0 unspecified atom stereocenters. The van der Waals surface area contributed by atoms with E-state index in [2.05, 4.69) is 31.3 Å². The molecule has 22 heavy (non-hydrogen) atoms. The van der Waals surface area contributed by atoms with Crippen LogP contribution in [0, 0.1) is 4.84 Å². The van der Waals surface area contributed by atoms with E-state index in [0.717, 1.165) is 10.2 Å². The van der Waals surface area contributed by atoms with Crippen LogP contribution < -0.4 is 5.32 Å². The number of pyridine rings is 1. The summed E-state index contributed by atoms with van der Waals surface area (Å²) in [4.78, 5) is 4.43. The zero-order valence-electron chi connectivity index (χ0n) is 11.2. The fourth-order valence-corrected chi connectivity index (χ4v) is 2.47. The SMILES string of the molecule is S=c1oc(-c2ccc(Cl)cn2)nn1CNc1cccc(Br)c1. The molecule has 0 aliphatic carbocycles. The highest BCUT2D eigenvalue weighted by Crippen LogP contribution is 2.18. The van der Waals surface area contributed by atoms with Gasteiger partial charge in [0.2, 0.25) is 0 Å². The van der Waals surface area contributed by atoms with Crippen LogP contribution in [0.25, 0.3) is 11.6 Å². The molecule has 3 rings (SSSR count). The molecule has 0 saturated heterocycles. The van der Waals surface area contributed by atoms with Gasteiger partial charge in [0.15, 0.2) is 0 Å². The third-order valence-corrected chi connectivity index (χ3v) is 3.82. The fraction of sp³-hybridized carbons (Fsp3) is 0.0714. The van der Waals surface area contributed by atoms with E-state index in [1.165, 1.54) is 6.20 Å². The van der Waals surface area contributed by atoms with Gasteiger partial charge >= 0.3 is 0 Å². The smallest absolute Gasteiger partial charge is 0.289 e. The monoisotopic (exact) mass is 396 g/mol. The molecule has 112 valence electrons. The average Bonchev–Trinajstić information content (AvgIpc) is 2.87. The Hall–Kier alpha value is -1.70. The van der Waals surface area contributed by atoms with Crippen molar-refractivity contribution < 1.29 is 4.42 Å². The van der Waals surface area contributed by atoms with Crippen molar-refractivity contribution >= 4 is 45.4 Å². The summed E-state index contributed by atoms with van der Waals surface area (Å²) >= 11 is 14.4. The van der Waals surface area contributed by atoms with Crippen LogP contribution in [0.2, 0.25) is 5.02 Å².